The van der Waals surface area contributed by atoms with E-state index in [0.717, 1.165) is 24.4 Å². The zero-order valence-electron chi connectivity index (χ0n) is 10.1. The Morgan fingerprint density at radius 3 is 2.67 bits per heavy atom. The molecule has 1 unspecified atom stereocenters. The van der Waals surface area contributed by atoms with E-state index in [-0.39, 0.29) is 6.04 Å². The van der Waals surface area contributed by atoms with Gasteiger partial charge in [0.05, 0.1) is 12.2 Å². The first-order valence-electron chi connectivity index (χ1n) is 5.33. The van der Waals surface area contributed by atoms with Crippen molar-refractivity contribution in [3.63, 3.8) is 0 Å². The molecule has 4 heteroatoms. The highest BCUT2D eigenvalue weighted by molar-refractivity contribution is 7.98. The number of aryl methyl sites for hydroxylation is 2. The molecule has 0 aliphatic heterocycles. The van der Waals surface area contributed by atoms with Gasteiger partial charge in [-0.05, 0) is 39.0 Å². The molecule has 0 bridgehead atoms. The SMILES string of the molecule is CSCCn1nc(C)c(CC(C)N)c1C. The van der Waals surface area contributed by atoms with Crippen LogP contribution in [0.1, 0.15) is 23.9 Å². The lowest BCUT2D eigenvalue weighted by Gasteiger charge is -2.06. The molecule has 0 fully saturated rings. The smallest absolute Gasteiger partial charge is 0.0629 e. The minimum atomic E-state index is 0.209. The van der Waals surface area contributed by atoms with Crippen molar-refractivity contribution in [2.24, 2.45) is 5.73 Å². The summed E-state index contributed by atoms with van der Waals surface area (Å²) in [6.45, 7) is 7.24. The summed E-state index contributed by atoms with van der Waals surface area (Å²) in [6.07, 6.45) is 3.05. The van der Waals surface area contributed by atoms with Gasteiger partial charge in [0.1, 0.15) is 0 Å². The van der Waals surface area contributed by atoms with Gasteiger partial charge in [0.2, 0.25) is 0 Å². The van der Waals surface area contributed by atoms with Crippen LogP contribution in [-0.4, -0.2) is 27.8 Å². The van der Waals surface area contributed by atoms with Crippen molar-refractivity contribution in [2.45, 2.75) is 39.8 Å². The number of aromatic nitrogens is 2. The number of thioether (sulfide) groups is 1. The van der Waals surface area contributed by atoms with Crippen LogP contribution in [-0.2, 0) is 13.0 Å². The van der Waals surface area contributed by atoms with E-state index in [1.165, 1.54) is 11.3 Å². The predicted octanol–water partition coefficient (Wildman–Crippen LogP) is 1.75. The van der Waals surface area contributed by atoms with Crippen molar-refractivity contribution < 1.29 is 0 Å². The van der Waals surface area contributed by atoms with Crippen molar-refractivity contribution in [1.29, 1.82) is 0 Å². The number of hydrogen-bond acceptors (Lipinski definition) is 3. The van der Waals surface area contributed by atoms with Gasteiger partial charge >= 0.3 is 0 Å². The summed E-state index contributed by atoms with van der Waals surface area (Å²) >= 11 is 1.85. The second-order valence-corrected chi connectivity index (χ2v) is 5.03. The summed E-state index contributed by atoms with van der Waals surface area (Å²) in [7, 11) is 0. The standard InChI is InChI=1S/C11H21N3S/c1-8(12)7-11-9(2)13-14(10(11)3)5-6-15-4/h8H,5-7,12H2,1-4H3. The van der Waals surface area contributed by atoms with Gasteiger partial charge < -0.3 is 5.73 Å². The Bertz CT molecular complexity index is 318. The third kappa shape index (κ3) is 3.24. The zero-order valence-corrected chi connectivity index (χ0v) is 10.9. The first-order chi connectivity index (χ1) is 7.06. The van der Waals surface area contributed by atoms with Gasteiger partial charge in [-0.15, -0.1) is 0 Å². The van der Waals surface area contributed by atoms with Gasteiger partial charge in [-0.2, -0.15) is 16.9 Å². The van der Waals surface area contributed by atoms with E-state index in [9.17, 15) is 0 Å². The van der Waals surface area contributed by atoms with Gasteiger partial charge in [-0.1, -0.05) is 0 Å². The van der Waals surface area contributed by atoms with E-state index in [0.29, 0.717) is 0 Å². The first-order valence-corrected chi connectivity index (χ1v) is 6.73. The summed E-state index contributed by atoms with van der Waals surface area (Å²) in [5.41, 5.74) is 9.56. The molecule has 1 heterocycles. The number of hydrogen-bond donors (Lipinski definition) is 1. The maximum absolute atomic E-state index is 5.83. The second-order valence-electron chi connectivity index (χ2n) is 4.05. The highest BCUT2D eigenvalue weighted by Crippen LogP contribution is 2.15. The molecule has 0 saturated carbocycles. The molecule has 0 saturated heterocycles. The topological polar surface area (TPSA) is 43.8 Å². The lowest BCUT2D eigenvalue weighted by atomic mass is 10.1. The Labute approximate surface area is 96.4 Å². The maximum atomic E-state index is 5.83. The van der Waals surface area contributed by atoms with Gasteiger partial charge in [0, 0.05) is 17.5 Å². The average Bonchev–Trinajstić information content (AvgIpc) is 2.42. The lowest BCUT2D eigenvalue weighted by molar-refractivity contribution is 0.638. The molecular weight excluding hydrogens is 206 g/mol. The molecule has 86 valence electrons. The lowest BCUT2D eigenvalue weighted by Crippen LogP contribution is -2.18. The van der Waals surface area contributed by atoms with Crippen LogP contribution in [0.4, 0.5) is 0 Å². The molecule has 1 aromatic rings. The average molecular weight is 227 g/mol. The van der Waals surface area contributed by atoms with E-state index in [2.05, 4.69) is 29.9 Å². The van der Waals surface area contributed by atoms with Crippen LogP contribution in [0.15, 0.2) is 0 Å². The van der Waals surface area contributed by atoms with Gasteiger partial charge in [0.25, 0.3) is 0 Å². The molecule has 0 amide bonds. The fourth-order valence-corrected chi connectivity index (χ4v) is 2.10. The van der Waals surface area contributed by atoms with E-state index in [1.54, 1.807) is 0 Å². The van der Waals surface area contributed by atoms with Gasteiger partial charge in [-0.3, -0.25) is 4.68 Å². The molecule has 1 atom stereocenters. The fourth-order valence-electron chi connectivity index (χ4n) is 1.75. The van der Waals surface area contributed by atoms with Crippen molar-refractivity contribution in [3.8, 4) is 0 Å². The number of nitrogens with zero attached hydrogens (tertiary/aromatic N) is 2. The van der Waals surface area contributed by atoms with Crippen molar-refractivity contribution in [3.05, 3.63) is 17.0 Å². The van der Waals surface area contributed by atoms with Gasteiger partial charge in [-0.25, -0.2) is 0 Å². The van der Waals surface area contributed by atoms with Crippen molar-refractivity contribution in [2.75, 3.05) is 12.0 Å². The zero-order chi connectivity index (χ0) is 11.4. The van der Waals surface area contributed by atoms with E-state index >= 15 is 0 Å². The highest BCUT2D eigenvalue weighted by atomic mass is 32.2. The van der Waals surface area contributed by atoms with Crippen LogP contribution in [0.5, 0.6) is 0 Å². The Morgan fingerprint density at radius 2 is 2.13 bits per heavy atom. The summed E-state index contributed by atoms with van der Waals surface area (Å²) in [6, 6.07) is 0.209. The Balaban J connectivity index is 2.83. The molecular formula is C11H21N3S. The van der Waals surface area contributed by atoms with Crippen LogP contribution < -0.4 is 5.73 Å². The molecule has 3 nitrogen and oxygen atoms in total. The molecule has 1 rings (SSSR count). The maximum Gasteiger partial charge on any atom is 0.0629 e. The van der Waals surface area contributed by atoms with Gasteiger partial charge in [0.15, 0.2) is 0 Å². The van der Waals surface area contributed by atoms with Crippen molar-refractivity contribution >= 4 is 11.8 Å². The Kier molecular flexibility index (Phi) is 4.67. The number of nitrogens with two attached hydrogens (primary N) is 1. The van der Waals surface area contributed by atoms with E-state index < -0.39 is 0 Å². The number of rotatable bonds is 5. The van der Waals surface area contributed by atoms with Crippen LogP contribution in [0.2, 0.25) is 0 Å². The second kappa shape index (κ2) is 5.56. The fraction of sp³-hybridized carbons (Fsp3) is 0.727. The van der Waals surface area contributed by atoms with Crippen LogP contribution in [0.25, 0.3) is 0 Å². The minimum Gasteiger partial charge on any atom is -0.328 e. The normalized spacial score (nSPS) is 13.1. The van der Waals surface area contributed by atoms with Crippen LogP contribution >= 0.6 is 11.8 Å². The summed E-state index contributed by atoms with van der Waals surface area (Å²) < 4.78 is 2.10. The van der Waals surface area contributed by atoms with E-state index in [1.807, 2.05) is 18.7 Å². The predicted molar refractivity (Wildman–Crippen MR) is 67.4 cm³/mol. The summed E-state index contributed by atoms with van der Waals surface area (Å²) in [5.74, 6) is 1.11. The molecule has 2 N–H and O–H groups in total. The monoisotopic (exact) mass is 227 g/mol. The molecule has 0 radical (unpaired) electrons. The summed E-state index contributed by atoms with van der Waals surface area (Å²) in [4.78, 5) is 0. The molecule has 0 aromatic carbocycles. The molecule has 0 spiro atoms. The minimum absolute atomic E-state index is 0.209. The Morgan fingerprint density at radius 1 is 1.47 bits per heavy atom. The van der Waals surface area contributed by atoms with E-state index in [4.69, 9.17) is 5.73 Å². The first kappa shape index (κ1) is 12.6. The van der Waals surface area contributed by atoms with Crippen LogP contribution in [0.3, 0.4) is 0 Å². The highest BCUT2D eigenvalue weighted by Gasteiger charge is 2.12. The summed E-state index contributed by atoms with van der Waals surface area (Å²) in [5, 5.41) is 4.55. The molecule has 15 heavy (non-hydrogen) atoms. The largest absolute Gasteiger partial charge is 0.328 e. The Hall–Kier alpha value is -0.480. The molecule has 0 aliphatic carbocycles. The molecule has 1 aromatic heterocycles. The third-order valence-corrected chi connectivity index (χ3v) is 3.16. The van der Waals surface area contributed by atoms with Crippen LogP contribution in [0, 0.1) is 13.8 Å². The third-order valence-electron chi connectivity index (χ3n) is 2.56. The van der Waals surface area contributed by atoms with Crippen molar-refractivity contribution in [1.82, 2.24) is 9.78 Å². The molecule has 0 aliphatic rings. The quantitative estimate of drug-likeness (QED) is 0.833.